The number of hydrogen-bond acceptors (Lipinski definition) is 3. The van der Waals surface area contributed by atoms with Gasteiger partial charge in [-0.15, -0.1) is 0 Å². The molecular formula is C7H14O3. The van der Waals surface area contributed by atoms with Crippen LogP contribution in [-0.4, -0.2) is 24.3 Å². The highest BCUT2D eigenvalue weighted by atomic mass is 16.5. The van der Waals surface area contributed by atoms with E-state index >= 15 is 0 Å². The van der Waals surface area contributed by atoms with Crippen LogP contribution in [0, 0.1) is 5.92 Å². The number of aliphatic hydroxyl groups is 1. The molecule has 0 bridgehead atoms. The molecule has 1 unspecified atom stereocenters. The summed E-state index contributed by atoms with van der Waals surface area (Å²) in [6, 6.07) is 0. The highest BCUT2D eigenvalue weighted by molar-refractivity contribution is 5.36. The topological polar surface area (TPSA) is 46.5 Å². The third kappa shape index (κ3) is 5.56. The molecule has 0 saturated carbocycles. The number of ether oxygens (including phenoxy) is 1. The van der Waals surface area contributed by atoms with Crippen molar-refractivity contribution in [2.45, 2.75) is 26.4 Å². The van der Waals surface area contributed by atoms with Gasteiger partial charge in [-0.3, -0.25) is 4.79 Å². The standard InChI is InChI=1S/C7H14O3/c1-6(2)3-7(9)4-10-5-8/h5-7,9H,3-4H2,1-2H3. The van der Waals surface area contributed by atoms with E-state index in [0.717, 1.165) is 0 Å². The smallest absolute Gasteiger partial charge is 0.293 e. The summed E-state index contributed by atoms with van der Waals surface area (Å²) in [7, 11) is 0. The van der Waals surface area contributed by atoms with Gasteiger partial charge < -0.3 is 9.84 Å². The molecule has 0 radical (unpaired) electrons. The Bertz CT molecular complexity index is 90.9. The molecule has 0 aromatic rings. The lowest BCUT2D eigenvalue weighted by Crippen LogP contribution is -2.16. The van der Waals surface area contributed by atoms with Crippen molar-refractivity contribution in [3.63, 3.8) is 0 Å². The van der Waals surface area contributed by atoms with Gasteiger partial charge in [-0.05, 0) is 12.3 Å². The lowest BCUT2D eigenvalue weighted by molar-refractivity contribution is -0.131. The SMILES string of the molecule is CC(C)CC(O)COC=O. The largest absolute Gasteiger partial charge is 0.465 e. The van der Waals surface area contributed by atoms with Crippen LogP contribution in [0.4, 0.5) is 0 Å². The summed E-state index contributed by atoms with van der Waals surface area (Å²) in [5.41, 5.74) is 0. The summed E-state index contributed by atoms with van der Waals surface area (Å²) in [6.45, 7) is 4.47. The fraction of sp³-hybridized carbons (Fsp3) is 0.857. The van der Waals surface area contributed by atoms with E-state index in [9.17, 15) is 4.79 Å². The van der Waals surface area contributed by atoms with Crippen molar-refractivity contribution in [2.75, 3.05) is 6.61 Å². The van der Waals surface area contributed by atoms with E-state index in [1.54, 1.807) is 0 Å². The summed E-state index contributed by atoms with van der Waals surface area (Å²) in [4.78, 5) is 9.66. The minimum Gasteiger partial charge on any atom is -0.465 e. The molecule has 3 nitrogen and oxygen atoms in total. The zero-order valence-electron chi connectivity index (χ0n) is 6.41. The Balaban J connectivity index is 3.24. The second kappa shape index (κ2) is 5.23. The zero-order chi connectivity index (χ0) is 7.98. The molecule has 0 aliphatic rings. The van der Waals surface area contributed by atoms with Crippen molar-refractivity contribution in [3.8, 4) is 0 Å². The predicted octanol–water partition coefficient (Wildman–Crippen LogP) is 0.566. The molecule has 0 saturated heterocycles. The molecular weight excluding hydrogens is 132 g/mol. The minimum atomic E-state index is -0.509. The van der Waals surface area contributed by atoms with E-state index in [-0.39, 0.29) is 6.61 Å². The molecule has 0 aromatic heterocycles. The van der Waals surface area contributed by atoms with Crippen LogP contribution < -0.4 is 0 Å². The number of carbonyl (C=O) groups is 1. The van der Waals surface area contributed by atoms with E-state index in [4.69, 9.17) is 5.11 Å². The van der Waals surface area contributed by atoms with Gasteiger partial charge in [0.2, 0.25) is 0 Å². The highest BCUT2D eigenvalue weighted by Gasteiger charge is 2.05. The second-order valence-corrected chi connectivity index (χ2v) is 2.71. The van der Waals surface area contributed by atoms with Crippen molar-refractivity contribution in [1.29, 1.82) is 0 Å². The summed E-state index contributed by atoms with van der Waals surface area (Å²) >= 11 is 0. The Labute approximate surface area is 61.0 Å². The van der Waals surface area contributed by atoms with Crippen LogP contribution >= 0.6 is 0 Å². The number of carbonyl (C=O) groups excluding carboxylic acids is 1. The highest BCUT2D eigenvalue weighted by Crippen LogP contribution is 2.03. The molecule has 0 heterocycles. The van der Waals surface area contributed by atoms with Gasteiger partial charge in [0.15, 0.2) is 0 Å². The van der Waals surface area contributed by atoms with Crippen LogP contribution in [0.2, 0.25) is 0 Å². The molecule has 0 aromatic carbocycles. The Morgan fingerprint density at radius 2 is 2.20 bits per heavy atom. The fourth-order valence-corrected chi connectivity index (χ4v) is 0.763. The zero-order valence-corrected chi connectivity index (χ0v) is 6.41. The first kappa shape index (κ1) is 9.43. The van der Waals surface area contributed by atoms with Crippen molar-refractivity contribution >= 4 is 6.47 Å². The van der Waals surface area contributed by atoms with Crippen molar-refractivity contribution in [3.05, 3.63) is 0 Å². The van der Waals surface area contributed by atoms with E-state index in [1.165, 1.54) is 0 Å². The number of aliphatic hydroxyl groups excluding tert-OH is 1. The lowest BCUT2D eigenvalue weighted by Gasteiger charge is -2.10. The fourth-order valence-electron chi connectivity index (χ4n) is 0.763. The van der Waals surface area contributed by atoms with Crippen molar-refractivity contribution < 1.29 is 14.6 Å². The third-order valence-electron chi connectivity index (χ3n) is 1.10. The van der Waals surface area contributed by atoms with Gasteiger partial charge >= 0.3 is 0 Å². The average Bonchev–Trinajstić information content (AvgIpc) is 1.82. The van der Waals surface area contributed by atoms with Crippen LogP contribution in [0.5, 0.6) is 0 Å². The first-order valence-corrected chi connectivity index (χ1v) is 3.40. The second-order valence-electron chi connectivity index (χ2n) is 2.71. The normalized spacial score (nSPS) is 13.2. The summed E-state index contributed by atoms with van der Waals surface area (Å²) in [5, 5.41) is 9.07. The minimum absolute atomic E-state index is 0.113. The Morgan fingerprint density at radius 3 is 2.60 bits per heavy atom. The molecule has 0 rings (SSSR count). The molecule has 10 heavy (non-hydrogen) atoms. The van der Waals surface area contributed by atoms with Gasteiger partial charge in [0.1, 0.15) is 6.61 Å². The first-order valence-electron chi connectivity index (χ1n) is 3.40. The predicted molar refractivity (Wildman–Crippen MR) is 37.5 cm³/mol. The summed E-state index contributed by atoms with van der Waals surface area (Å²) in [6.07, 6.45) is 0.165. The molecule has 3 heteroatoms. The van der Waals surface area contributed by atoms with E-state index in [1.807, 2.05) is 13.8 Å². The molecule has 0 aliphatic carbocycles. The summed E-state index contributed by atoms with van der Waals surface area (Å²) in [5.74, 6) is 0.435. The average molecular weight is 146 g/mol. The molecule has 0 aliphatic heterocycles. The van der Waals surface area contributed by atoms with Gasteiger partial charge in [0, 0.05) is 0 Å². The third-order valence-corrected chi connectivity index (χ3v) is 1.10. The molecule has 1 atom stereocenters. The monoisotopic (exact) mass is 146 g/mol. The van der Waals surface area contributed by atoms with Gasteiger partial charge in [-0.1, -0.05) is 13.8 Å². The van der Waals surface area contributed by atoms with E-state index in [0.29, 0.717) is 18.8 Å². The molecule has 60 valence electrons. The molecule has 1 N–H and O–H groups in total. The van der Waals surface area contributed by atoms with Crippen molar-refractivity contribution in [1.82, 2.24) is 0 Å². The van der Waals surface area contributed by atoms with E-state index < -0.39 is 6.10 Å². The summed E-state index contributed by atoms with van der Waals surface area (Å²) < 4.78 is 4.37. The van der Waals surface area contributed by atoms with Crippen LogP contribution in [-0.2, 0) is 9.53 Å². The molecule has 0 amide bonds. The first-order chi connectivity index (χ1) is 4.66. The maximum Gasteiger partial charge on any atom is 0.293 e. The molecule has 0 spiro atoms. The van der Waals surface area contributed by atoms with Gasteiger partial charge in [0.05, 0.1) is 6.10 Å². The number of rotatable bonds is 5. The van der Waals surface area contributed by atoms with Gasteiger partial charge in [0.25, 0.3) is 6.47 Å². The van der Waals surface area contributed by atoms with Gasteiger partial charge in [-0.2, -0.15) is 0 Å². The maximum atomic E-state index is 9.66. The van der Waals surface area contributed by atoms with Crippen LogP contribution in [0.25, 0.3) is 0 Å². The Kier molecular flexibility index (Phi) is 4.94. The van der Waals surface area contributed by atoms with Crippen LogP contribution in [0.3, 0.4) is 0 Å². The van der Waals surface area contributed by atoms with Crippen molar-refractivity contribution in [2.24, 2.45) is 5.92 Å². The number of hydrogen-bond donors (Lipinski definition) is 1. The van der Waals surface area contributed by atoms with E-state index in [2.05, 4.69) is 4.74 Å². The maximum absolute atomic E-state index is 9.66. The quantitative estimate of drug-likeness (QED) is 0.577. The molecule has 0 fully saturated rings. The lowest BCUT2D eigenvalue weighted by atomic mass is 10.1. The Morgan fingerprint density at radius 1 is 1.60 bits per heavy atom. The Hall–Kier alpha value is -0.570. The van der Waals surface area contributed by atoms with Crippen LogP contribution in [0.15, 0.2) is 0 Å². The van der Waals surface area contributed by atoms with Gasteiger partial charge in [-0.25, -0.2) is 0 Å². The van der Waals surface area contributed by atoms with Crippen LogP contribution in [0.1, 0.15) is 20.3 Å².